The van der Waals surface area contributed by atoms with Crippen molar-refractivity contribution in [3.8, 4) is 0 Å². The van der Waals surface area contributed by atoms with Crippen LogP contribution in [-0.4, -0.2) is 35.9 Å². The Balaban J connectivity index is 1.88. The lowest BCUT2D eigenvalue weighted by atomic mass is 10.3. The number of carbonyl (C=O) groups excluding carboxylic acids is 1. The van der Waals surface area contributed by atoms with Crippen LogP contribution in [0.3, 0.4) is 0 Å². The molecule has 6 nitrogen and oxygen atoms in total. The molecule has 1 unspecified atom stereocenters. The van der Waals surface area contributed by atoms with Crippen LogP contribution in [0, 0.1) is 0 Å². The molecule has 1 aromatic heterocycles. The topological polar surface area (TPSA) is 72.3 Å². The fourth-order valence-corrected chi connectivity index (χ4v) is 3.42. The van der Waals surface area contributed by atoms with Crippen molar-refractivity contribution in [1.29, 1.82) is 0 Å². The van der Waals surface area contributed by atoms with Gasteiger partial charge in [-0.05, 0) is 12.8 Å². The molecular weight excluding hydrogens is 290 g/mol. The first-order valence-electron chi connectivity index (χ1n) is 6.14. The lowest BCUT2D eigenvalue weighted by molar-refractivity contribution is -0.117. The monoisotopic (exact) mass is 303 g/mol. The Bertz CT molecular complexity index is 636. The van der Waals surface area contributed by atoms with Crippen molar-refractivity contribution in [2.24, 2.45) is 7.05 Å². The van der Waals surface area contributed by atoms with E-state index in [-0.39, 0.29) is 18.9 Å². The van der Waals surface area contributed by atoms with Crippen molar-refractivity contribution in [2.45, 2.75) is 30.4 Å². The molecule has 1 amide bonds. The van der Waals surface area contributed by atoms with Crippen LogP contribution in [-0.2, 0) is 20.9 Å². The molecule has 2 aliphatic rings. The minimum absolute atomic E-state index is 0.0597. The first kappa shape index (κ1) is 12.9. The van der Waals surface area contributed by atoms with Gasteiger partial charge in [0.05, 0.1) is 5.69 Å². The van der Waals surface area contributed by atoms with Crippen LogP contribution in [0.4, 0.5) is 5.82 Å². The zero-order valence-electron chi connectivity index (χ0n) is 10.4. The molecule has 3 rings (SSSR count). The number of rotatable bonds is 3. The maximum absolute atomic E-state index is 11.9. The van der Waals surface area contributed by atoms with E-state index in [0.29, 0.717) is 11.7 Å². The zero-order chi connectivity index (χ0) is 13.8. The van der Waals surface area contributed by atoms with E-state index in [2.05, 4.69) is 5.10 Å². The molecule has 1 saturated heterocycles. The highest BCUT2D eigenvalue weighted by molar-refractivity contribution is 8.14. The average Bonchev–Trinajstić information content (AvgIpc) is 2.97. The summed E-state index contributed by atoms with van der Waals surface area (Å²) in [6, 6.07) is 1.87. The van der Waals surface area contributed by atoms with Gasteiger partial charge in [-0.15, -0.1) is 0 Å². The SMILES string of the molecule is Cn1nc(C2CC2)cc1N1CC(S(=O)(=O)Cl)CC1=O. The van der Waals surface area contributed by atoms with E-state index in [0.717, 1.165) is 18.5 Å². The van der Waals surface area contributed by atoms with Gasteiger partial charge in [0.2, 0.25) is 15.0 Å². The molecule has 0 radical (unpaired) electrons. The van der Waals surface area contributed by atoms with Crippen molar-refractivity contribution in [3.05, 3.63) is 11.8 Å². The van der Waals surface area contributed by atoms with Crippen LogP contribution in [0.25, 0.3) is 0 Å². The van der Waals surface area contributed by atoms with E-state index in [1.54, 1.807) is 11.7 Å². The van der Waals surface area contributed by atoms with E-state index in [4.69, 9.17) is 10.7 Å². The second-order valence-electron chi connectivity index (χ2n) is 5.13. The lowest BCUT2D eigenvalue weighted by Gasteiger charge is -2.15. The van der Waals surface area contributed by atoms with Gasteiger partial charge in [-0.2, -0.15) is 5.10 Å². The maximum Gasteiger partial charge on any atom is 0.237 e. The summed E-state index contributed by atoms with van der Waals surface area (Å²) in [5, 5.41) is 3.55. The van der Waals surface area contributed by atoms with Gasteiger partial charge < -0.3 is 0 Å². The minimum atomic E-state index is -3.71. The van der Waals surface area contributed by atoms with Gasteiger partial charge in [-0.1, -0.05) is 0 Å². The summed E-state index contributed by atoms with van der Waals surface area (Å²) in [6.07, 6.45) is 2.20. The Kier molecular flexibility index (Phi) is 2.86. The number of hydrogen-bond acceptors (Lipinski definition) is 4. The summed E-state index contributed by atoms with van der Waals surface area (Å²) >= 11 is 0. The zero-order valence-corrected chi connectivity index (χ0v) is 12.0. The van der Waals surface area contributed by atoms with E-state index >= 15 is 0 Å². The van der Waals surface area contributed by atoms with Crippen LogP contribution in [0.1, 0.15) is 30.9 Å². The molecule has 19 heavy (non-hydrogen) atoms. The van der Waals surface area contributed by atoms with E-state index in [1.165, 1.54) is 4.90 Å². The normalized spacial score (nSPS) is 24.2. The molecule has 0 bridgehead atoms. The highest BCUT2D eigenvalue weighted by Gasteiger charge is 2.39. The van der Waals surface area contributed by atoms with Crippen molar-refractivity contribution in [2.75, 3.05) is 11.4 Å². The number of aryl methyl sites for hydroxylation is 1. The molecule has 1 aliphatic carbocycles. The third kappa shape index (κ3) is 2.36. The number of hydrogen-bond donors (Lipinski definition) is 0. The molecule has 0 spiro atoms. The third-order valence-corrected chi connectivity index (χ3v) is 5.50. The molecule has 0 N–H and O–H groups in total. The maximum atomic E-state index is 11.9. The Labute approximate surface area is 115 Å². The van der Waals surface area contributed by atoms with Crippen LogP contribution in [0.15, 0.2) is 6.07 Å². The van der Waals surface area contributed by atoms with Crippen molar-refractivity contribution in [1.82, 2.24) is 9.78 Å². The predicted octanol–water partition coefficient (Wildman–Crippen LogP) is 0.971. The van der Waals surface area contributed by atoms with Gasteiger partial charge in [-0.3, -0.25) is 14.4 Å². The van der Waals surface area contributed by atoms with Crippen molar-refractivity contribution >= 4 is 31.5 Å². The highest BCUT2D eigenvalue weighted by atomic mass is 35.7. The number of carbonyl (C=O) groups is 1. The molecule has 2 heterocycles. The second kappa shape index (κ2) is 4.21. The largest absolute Gasteiger partial charge is 0.296 e. The van der Waals surface area contributed by atoms with Crippen molar-refractivity contribution in [3.63, 3.8) is 0 Å². The second-order valence-corrected chi connectivity index (χ2v) is 8.04. The Morgan fingerprint density at radius 1 is 1.42 bits per heavy atom. The molecule has 2 fully saturated rings. The van der Waals surface area contributed by atoms with Crippen LogP contribution >= 0.6 is 10.7 Å². The first-order valence-corrected chi connectivity index (χ1v) is 8.51. The number of anilines is 1. The fraction of sp³-hybridized carbons (Fsp3) is 0.636. The standard InChI is InChI=1S/C11H14ClN3O3S/c1-14-10(5-9(13-14)7-2-3-7)15-6-8(4-11(15)16)19(12,17)18/h5,7-8H,2-4,6H2,1H3. The van der Waals surface area contributed by atoms with E-state index in [9.17, 15) is 13.2 Å². The predicted molar refractivity (Wildman–Crippen MR) is 70.7 cm³/mol. The van der Waals surface area contributed by atoms with E-state index in [1.807, 2.05) is 6.07 Å². The Hall–Kier alpha value is -1.08. The number of nitrogens with zero attached hydrogens (tertiary/aromatic N) is 3. The van der Waals surface area contributed by atoms with E-state index < -0.39 is 14.3 Å². The number of aromatic nitrogens is 2. The van der Waals surface area contributed by atoms with Crippen LogP contribution in [0.5, 0.6) is 0 Å². The summed E-state index contributed by atoms with van der Waals surface area (Å²) in [7, 11) is 3.39. The number of amides is 1. The highest BCUT2D eigenvalue weighted by Crippen LogP contribution is 2.40. The molecule has 1 aromatic rings. The Morgan fingerprint density at radius 2 is 2.11 bits per heavy atom. The van der Waals surface area contributed by atoms with Gasteiger partial charge in [0.25, 0.3) is 0 Å². The summed E-state index contributed by atoms with van der Waals surface area (Å²) in [6.45, 7) is 0.105. The lowest BCUT2D eigenvalue weighted by Crippen LogP contribution is -2.28. The molecule has 1 saturated carbocycles. The van der Waals surface area contributed by atoms with Crippen LogP contribution < -0.4 is 4.90 Å². The summed E-state index contributed by atoms with van der Waals surface area (Å²) < 4.78 is 24.3. The molecule has 104 valence electrons. The molecule has 1 aliphatic heterocycles. The number of halogens is 1. The molecule has 1 atom stereocenters. The van der Waals surface area contributed by atoms with Gasteiger partial charge in [0.1, 0.15) is 11.1 Å². The van der Waals surface area contributed by atoms with Gasteiger partial charge in [0.15, 0.2) is 0 Å². The molecule has 0 aromatic carbocycles. The third-order valence-electron chi connectivity index (χ3n) is 3.63. The Morgan fingerprint density at radius 3 is 2.63 bits per heavy atom. The van der Waals surface area contributed by atoms with Crippen molar-refractivity contribution < 1.29 is 13.2 Å². The smallest absolute Gasteiger partial charge is 0.237 e. The average molecular weight is 304 g/mol. The van der Waals surface area contributed by atoms with Gasteiger partial charge in [0, 0.05) is 42.7 Å². The quantitative estimate of drug-likeness (QED) is 0.780. The molecule has 8 heteroatoms. The minimum Gasteiger partial charge on any atom is -0.296 e. The first-order chi connectivity index (χ1) is 8.86. The van der Waals surface area contributed by atoms with Crippen LogP contribution in [0.2, 0.25) is 0 Å². The summed E-state index contributed by atoms with van der Waals surface area (Å²) in [5.41, 5.74) is 0.975. The summed E-state index contributed by atoms with van der Waals surface area (Å²) in [4.78, 5) is 13.4. The fourth-order valence-electron chi connectivity index (χ4n) is 2.40. The van der Waals surface area contributed by atoms with Gasteiger partial charge in [-0.25, -0.2) is 8.42 Å². The summed E-state index contributed by atoms with van der Waals surface area (Å²) in [5.74, 6) is 0.916. The van der Waals surface area contributed by atoms with Gasteiger partial charge >= 0.3 is 0 Å². The molecular formula is C11H14ClN3O3S.